The standard InChI is InChI=1S/C20H28N4O4S2/c1-14-6-7-16(28-2)17-18(14)29-20(21-17)23-11-9-22(10-12-23)19(25)15-5-4-8-24(13-15)30(3,26)27/h6-7,15H,4-5,8-13H2,1-3H3. The third kappa shape index (κ3) is 4.13. The lowest BCUT2D eigenvalue weighted by atomic mass is 9.98. The molecular formula is C20H28N4O4S2. The number of rotatable bonds is 4. The van der Waals surface area contributed by atoms with Crippen LogP contribution in [0.25, 0.3) is 10.2 Å². The molecule has 0 saturated carbocycles. The number of thiazole rings is 1. The van der Waals surface area contributed by atoms with Gasteiger partial charge in [-0.25, -0.2) is 17.7 Å². The van der Waals surface area contributed by atoms with Crippen molar-refractivity contribution < 1.29 is 17.9 Å². The van der Waals surface area contributed by atoms with Crippen molar-refractivity contribution in [1.82, 2.24) is 14.2 Å². The Labute approximate surface area is 181 Å². The number of carbonyl (C=O) groups excluding carboxylic acids is 1. The van der Waals surface area contributed by atoms with Gasteiger partial charge in [0, 0.05) is 39.3 Å². The lowest BCUT2D eigenvalue weighted by molar-refractivity contribution is -0.137. The molecule has 1 atom stereocenters. The first kappa shape index (κ1) is 21.3. The third-order valence-corrected chi connectivity index (χ3v) is 8.50. The summed E-state index contributed by atoms with van der Waals surface area (Å²) in [5.41, 5.74) is 2.06. The van der Waals surface area contributed by atoms with Gasteiger partial charge in [0.1, 0.15) is 11.3 Å². The second kappa shape index (κ2) is 8.32. The van der Waals surface area contributed by atoms with E-state index in [9.17, 15) is 13.2 Å². The molecule has 2 aliphatic heterocycles. The molecule has 8 nitrogen and oxygen atoms in total. The molecule has 30 heavy (non-hydrogen) atoms. The highest BCUT2D eigenvalue weighted by Crippen LogP contribution is 2.36. The summed E-state index contributed by atoms with van der Waals surface area (Å²) >= 11 is 1.66. The van der Waals surface area contributed by atoms with E-state index in [4.69, 9.17) is 9.72 Å². The van der Waals surface area contributed by atoms with E-state index in [0.29, 0.717) is 26.2 Å². The second-order valence-electron chi connectivity index (χ2n) is 8.03. The van der Waals surface area contributed by atoms with Gasteiger partial charge in [0.2, 0.25) is 15.9 Å². The Hall–Kier alpha value is -1.91. The minimum Gasteiger partial charge on any atom is -0.494 e. The minimum absolute atomic E-state index is 0.0739. The molecule has 0 radical (unpaired) electrons. The van der Waals surface area contributed by atoms with Crippen LogP contribution in [0.15, 0.2) is 12.1 Å². The van der Waals surface area contributed by atoms with Gasteiger partial charge >= 0.3 is 0 Å². The van der Waals surface area contributed by atoms with Gasteiger partial charge in [-0.05, 0) is 31.4 Å². The highest BCUT2D eigenvalue weighted by molar-refractivity contribution is 7.88. The van der Waals surface area contributed by atoms with Gasteiger partial charge in [0.15, 0.2) is 5.13 Å². The number of amides is 1. The summed E-state index contributed by atoms with van der Waals surface area (Å²) in [6, 6.07) is 3.99. The predicted octanol–water partition coefficient (Wildman–Crippen LogP) is 1.93. The van der Waals surface area contributed by atoms with Gasteiger partial charge in [-0.3, -0.25) is 4.79 Å². The largest absolute Gasteiger partial charge is 0.494 e. The zero-order valence-corrected chi connectivity index (χ0v) is 19.3. The molecule has 1 aromatic carbocycles. The van der Waals surface area contributed by atoms with Crippen LogP contribution >= 0.6 is 11.3 Å². The number of sulfonamides is 1. The van der Waals surface area contributed by atoms with E-state index in [-0.39, 0.29) is 11.8 Å². The normalized spacial score (nSPS) is 21.2. The maximum absolute atomic E-state index is 13.0. The quantitative estimate of drug-likeness (QED) is 0.705. The van der Waals surface area contributed by atoms with Gasteiger partial charge in [-0.15, -0.1) is 0 Å². The summed E-state index contributed by atoms with van der Waals surface area (Å²) in [6.45, 7) is 5.57. The molecule has 0 N–H and O–H groups in total. The van der Waals surface area contributed by atoms with Crippen molar-refractivity contribution in [1.29, 1.82) is 0 Å². The van der Waals surface area contributed by atoms with E-state index in [1.807, 2.05) is 17.0 Å². The molecule has 1 aromatic heterocycles. The summed E-state index contributed by atoms with van der Waals surface area (Å²) in [6.07, 6.45) is 2.70. The molecule has 2 aromatic rings. The molecule has 0 spiro atoms. The van der Waals surface area contributed by atoms with Crippen LogP contribution in [0.1, 0.15) is 18.4 Å². The van der Waals surface area contributed by atoms with Crippen LogP contribution < -0.4 is 9.64 Å². The van der Waals surface area contributed by atoms with Gasteiger partial charge in [-0.2, -0.15) is 0 Å². The minimum atomic E-state index is -3.25. The number of benzene rings is 1. The van der Waals surface area contributed by atoms with Crippen molar-refractivity contribution in [2.45, 2.75) is 19.8 Å². The number of hydrogen-bond donors (Lipinski definition) is 0. The van der Waals surface area contributed by atoms with Crippen LogP contribution in [0, 0.1) is 12.8 Å². The SMILES string of the molecule is COc1ccc(C)c2sc(N3CCN(C(=O)C4CCCN(S(C)(=O)=O)C4)CC3)nc12. The van der Waals surface area contributed by atoms with Gasteiger partial charge < -0.3 is 14.5 Å². The molecule has 164 valence electrons. The number of carbonyl (C=O) groups is 1. The fraction of sp³-hybridized carbons (Fsp3) is 0.600. The third-order valence-electron chi connectivity index (χ3n) is 5.98. The van der Waals surface area contributed by atoms with Crippen LogP contribution in [0.5, 0.6) is 5.75 Å². The van der Waals surface area contributed by atoms with E-state index in [1.165, 1.54) is 16.1 Å². The number of methoxy groups -OCH3 is 1. The van der Waals surface area contributed by atoms with E-state index < -0.39 is 10.0 Å². The van der Waals surface area contributed by atoms with E-state index in [0.717, 1.165) is 47.0 Å². The number of anilines is 1. The van der Waals surface area contributed by atoms with Crippen molar-refractivity contribution in [3.8, 4) is 5.75 Å². The molecular weight excluding hydrogens is 424 g/mol. The fourth-order valence-electron chi connectivity index (χ4n) is 4.22. The summed E-state index contributed by atoms with van der Waals surface area (Å²) in [5.74, 6) is 0.610. The molecule has 2 aliphatic rings. The average Bonchev–Trinajstić information content (AvgIpc) is 3.20. The van der Waals surface area contributed by atoms with Crippen molar-refractivity contribution in [2.24, 2.45) is 5.92 Å². The highest BCUT2D eigenvalue weighted by atomic mass is 32.2. The van der Waals surface area contributed by atoms with Gasteiger partial charge in [0.05, 0.1) is 24.0 Å². The summed E-state index contributed by atoms with van der Waals surface area (Å²) in [4.78, 5) is 21.9. The summed E-state index contributed by atoms with van der Waals surface area (Å²) < 4.78 is 31.7. The molecule has 4 rings (SSSR count). The van der Waals surface area contributed by atoms with Crippen LogP contribution in [0.2, 0.25) is 0 Å². The number of piperidine rings is 1. The van der Waals surface area contributed by atoms with Gasteiger partial charge in [0.25, 0.3) is 0 Å². The van der Waals surface area contributed by atoms with E-state index in [1.54, 1.807) is 18.4 Å². The molecule has 0 bridgehead atoms. The Kier molecular flexibility index (Phi) is 5.91. The Balaban J connectivity index is 1.42. The Morgan fingerprint density at radius 2 is 1.93 bits per heavy atom. The van der Waals surface area contributed by atoms with Crippen molar-refractivity contribution in [2.75, 3.05) is 57.5 Å². The molecule has 1 unspecified atom stereocenters. The molecule has 10 heteroatoms. The number of aromatic nitrogens is 1. The number of aryl methyl sites for hydroxylation is 1. The second-order valence-corrected chi connectivity index (χ2v) is 11.0. The molecule has 0 aliphatic carbocycles. The number of piperazine rings is 1. The summed E-state index contributed by atoms with van der Waals surface area (Å²) in [5, 5.41) is 0.950. The van der Waals surface area contributed by atoms with Crippen molar-refractivity contribution in [3.05, 3.63) is 17.7 Å². The predicted molar refractivity (Wildman–Crippen MR) is 119 cm³/mol. The summed E-state index contributed by atoms with van der Waals surface area (Å²) in [7, 11) is -1.60. The Bertz CT molecular complexity index is 1040. The van der Waals surface area contributed by atoms with Crippen molar-refractivity contribution >= 4 is 42.6 Å². The van der Waals surface area contributed by atoms with Crippen LogP contribution in [0.4, 0.5) is 5.13 Å². The fourth-order valence-corrected chi connectivity index (χ4v) is 6.23. The van der Waals surface area contributed by atoms with Crippen LogP contribution in [-0.4, -0.2) is 81.1 Å². The Morgan fingerprint density at radius 1 is 1.20 bits per heavy atom. The molecule has 2 saturated heterocycles. The van der Waals surface area contributed by atoms with E-state index >= 15 is 0 Å². The zero-order valence-electron chi connectivity index (χ0n) is 17.6. The lowest BCUT2D eigenvalue weighted by Gasteiger charge is -2.38. The number of fused-ring (bicyclic) bond motifs is 1. The first-order chi connectivity index (χ1) is 14.3. The van der Waals surface area contributed by atoms with Crippen LogP contribution in [-0.2, 0) is 14.8 Å². The molecule has 1 amide bonds. The topological polar surface area (TPSA) is 83.0 Å². The number of nitrogens with zero attached hydrogens (tertiary/aromatic N) is 4. The maximum atomic E-state index is 13.0. The smallest absolute Gasteiger partial charge is 0.227 e. The van der Waals surface area contributed by atoms with E-state index in [2.05, 4.69) is 11.8 Å². The lowest BCUT2D eigenvalue weighted by Crippen LogP contribution is -2.53. The number of hydrogen-bond acceptors (Lipinski definition) is 7. The first-order valence-electron chi connectivity index (χ1n) is 10.2. The van der Waals surface area contributed by atoms with Crippen molar-refractivity contribution in [3.63, 3.8) is 0 Å². The average molecular weight is 453 g/mol. The number of ether oxygens (including phenoxy) is 1. The van der Waals surface area contributed by atoms with Crippen LogP contribution in [0.3, 0.4) is 0 Å². The zero-order chi connectivity index (χ0) is 21.5. The van der Waals surface area contributed by atoms with Gasteiger partial charge in [-0.1, -0.05) is 17.4 Å². The molecule has 3 heterocycles. The molecule has 2 fully saturated rings. The first-order valence-corrected chi connectivity index (χ1v) is 12.9. The Morgan fingerprint density at radius 3 is 2.60 bits per heavy atom. The monoisotopic (exact) mass is 452 g/mol. The highest BCUT2D eigenvalue weighted by Gasteiger charge is 2.34. The maximum Gasteiger partial charge on any atom is 0.227 e.